The number of hydrogen-bond donors (Lipinski definition) is 0. The summed E-state index contributed by atoms with van der Waals surface area (Å²) in [6.07, 6.45) is 0. The Morgan fingerprint density at radius 3 is 0.889 bits per heavy atom. The first-order valence-electron chi connectivity index (χ1n) is 4.28. The van der Waals surface area contributed by atoms with Crippen molar-refractivity contribution in [3.05, 3.63) is 28.1 Å². The molecule has 18 heavy (non-hydrogen) atoms. The fourth-order valence-corrected chi connectivity index (χ4v) is 5.70. The van der Waals surface area contributed by atoms with Crippen molar-refractivity contribution >= 4 is 47.0 Å². The molecule has 4 nitrogen and oxygen atoms in total. The van der Waals surface area contributed by atoms with Gasteiger partial charge in [-0.3, -0.25) is 0 Å². The SMILES string of the molecule is N#CC1=C(C#N)SC(=C2SC(C#N)=C(C#N)S2)S1. The zero-order valence-corrected chi connectivity index (χ0v) is 11.7. The van der Waals surface area contributed by atoms with Crippen LogP contribution >= 0.6 is 47.0 Å². The number of rotatable bonds is 0. The van der Waals surface area contributed by atoms with E-state index in [1.54, 1.807) is 0 Å². The summed E-state index contributed by atoms with van der Waals surface area (Å²) in [5.41, 5.74) is 0. The third-order valence-corrected chi connectivity index (χ3v) is 7.10. The van der Waals surface area contributed by atoms with Crippen molar-refractivity contribution in [2.24, 2.45) is 0 Å². The molecule has 0 saturated heterocycles. The van der Waals surface area contributed by atoms with Gasteiger partial charge in [-0.05, 0) is 0 Å². The van der Waals surface area contributed by atoms with Crippen LogP contribution in [0.2, 0.25) is 0 Å². The average molecular weight is 304 g/mol. The second-order valence-corrected chi connectivity index (χ2v) is 7.35. The number of allylic oxidation sites excluding steroid dienone is 4. The fourth-order valence-electron chi connectivity index (χ4n) is 1.06. The molecule has 0 unspecified atom stereocenters. The zero-order valence-electron chi connectivity index (χ0n) is 8.42. The van der Waals surface area contributed by atoms with E-state index < -0.39 is 0 Å². The largest absolute Gasteiger partial charge is 0.192 e. The van der Waals surface area contributed by atoms with Gasteiger partial charge in [0.25, 0.3) is 0 Å². The Labute approximate surface area is 120 Å². The van der Waals surface area contributed by atoms with Gasteiger partial charge in [0, 0.05) is 0 Å². The quantitative estimate of drug-likeness (QED) is 0.670. The molecule has 2 aliphatic rings. The number of nitrogens with zero attached hydrogens (tertiary/aromatic N) is 4. The summed E-state index contributed by atoms with van der Waals surface area (Å²) >= 11 is 4.87. The van der Waals surface area contributed by atoms with Crippen molar-refractivity contribution in [2.45, 2.75) is 0 Å². The van der Waals surface area contributed by atoms with Crippen LogP contribution in [0.25, 0.3) is 0 Å². The molecule has 0 atom stereocenters. The molecule has 0 aliphatic carbocycles. The summed E-state index contributed by atoms with van der Waals surface area (Å²) in [5.74, 6) is 0. The highest BCUT2D eigenvalue weighted by Crippen LogP contribution is 2.59. The Hall–Kier alpha value is -1.42. The maximum atomic E-state index is 8.88. The van der Waals surface area contributed by atoms with Gasteiger partial charge in [0.15, 0.2) is 0 Å². The fraction of sp³-hybridized carbons (Fsp3) is 0. The Balaban J connectivity index is 2.28. The lowest BCUT2D eigenvalue weighted by molar-refractivity contribution is 1.50. The molecule has 84 valence electrons. The maximum absolute atomic E-state index is 8.88. The smallest absolute Gasteiger partial charge is 0.115 e. The van der Waals surface area contributed by atoms with Gasteiger partial charge in [-0.25, -0.2) is 0 Å². The Kier molecular flexibility index (Phi) is 3.97. The van der Waals surface area contributed by atoms with Gasteiger partial charge in [0.2, 0.25) is 0 Å². The first-order chi connectivity index (χ1) is 8.73. The van der Waals surface area contributed by atoms with E-state index in [9.17, 15) is 0 Å². The van der Waals surface area contributed by atoms with Gasteiger partial charge < -0.3 is 0 Å². The Morgan fingerprint density at radius 2 is 0.722 bits per heavy atom. The van der Waals surface area contributed by atoms with Crippen molar-refractivity contribution in [3.8, 4) is 24.3 Å². The Bertz CT molecular complexity index is 571. The monoisotopic (exact) mass is 304 g/mol. The van der Waals surface area contributed by atoms with E-state index >= 15 is 0 Å². The molecule has 2 heterocycles. The summed E-state index contributed by atoms with van der Waals surface area (Å²) in [5, 5.41) is 35.5. The second kappa shape index (κ2) is 5.48. The van der Waals surface area contributed by atoms with Gasteiger partial charge in [0.1, 0.15) is 43.9 Å². The third-order valence-electron chi connectivity index (χ3n) is 1.76. The zero-order chi connectivity index (χ0) is 13.1. The standard InChI is InChI=1S/C10N4S4/c11-1-5-6(2-12)16-9(15-5)10-17-7(3-13)8(4-14)18-10. The van der Waals surface area contributed by atoms with Crippen molar-refractivity contribution in [1.29, 1.82) is 21.0 Å². The van der Waals surface area contributed by atoms with Crippen LogP contribution in [0.4, 0.5) is 0 Å². The van der Waals surface area contributed by atoms with Crippen LogP contribution in [0.15, 0.2) is 28.1 Å². The van der Waals surface area contributed by atoms with E-state index in [1.807, 2.05) is 24.3 Å². The lowest BCUT2D eigenvalue weighted by Crippen LogP contribution is -1.67. The first-order valence-corrected chi connectivity index (χ1v) is 7.54. The van der Waals surface area contributed by atoms with Crippen LogP contribution in [0.5, 0.6) is 0 Å². The van der Waals surface area contributed by atoms with Gasteiger partial charge in [-0.15, -0.1) is 0 Å². The molecule has 2 rings (SSSR count). The second-order valence-electron chi connectivity index (χ2n) is 2.75. The van der Waals surface area contributed by atoms with Gasteiger partial charge >= 0.3 is 0 Å². The van der Waals surface area contributed by atoms with E-state index in [4.69, 9.17) is 21.0 Å². The molecule has 0 saturated carbocycles. The normalized spacial score (nSPS) is 18.4. The predicted octanol–water partition coefficient (Wildman–Crippen LogP) is 3.59. The van der Waals surface area contributed by atoms with Crippen molar-refractivity contribution in [1.82, 2.24) is 0 Å². The first kappa shape index (κ1) is 13.0. The summed E-state index contributed by atoms with van der Waals surface area (Å²) in [7, 11) is 0. The molecule has 0 amide bonds. The molecular formula is C10N4S4. The van der Waals surface area contributed by atoms with Crippen LogP contribution in [-0.2, 0) is 0 Å². The Morgan fingerprint density at radius 1 is 0.500 bits per heavy atom. The summed E-state index contributed by atoms with van der Waals surface area (Å²) < 4.78 is 1.58. The summed E-state index contributed by atoms with van der Waals surface area (Å²) in [4.78, 5) is 1.48. The predicted molar refractivity (Wildman–Crippen MR) is 73.9 cm³/mol. The molecule has 0 radical (unpaired) electrons. The molecule has 2 aliphatic heterocycles. The van der Waals surface area contributed by atoms with E-state index in [0.717, 1.165) is 8.47 Å². The number of thioether (sulfide) groups is 4. The van der Waals surface area contributed by atoms with Crippen LogP contribution in [-0.4, -0.2) is 0 Å². The van der Waals surface area contributed by atoms with E-state index in [1.165, 1.54) is 47.0 Å². The molecule has 0 aromatic heterocycles. The van der Waals surface area contributed by atoms with E-state index in [2.05, 4.69) is 0 Å². The lowest BCUT2D eigenvalue weighted by Gasteiger charge is -1.98. The highest BCUT2D eigenvalue weighted by molar-refractivity contribution is 8.34. The molecule has 0 bridgehead atoms. The minimum Gasteiger partial charge on any atom is -0.192 e. The van der Waals surface area contributed by atoms with Crippen LogP contribution in [0.3, 0.4) is 0 Å². The molecule has 0 aromatic carbocycles. The highest BCUT2D eigenvalue weighted by atomic mass is 32.2. The molecule has 8 heteroatoms. The molecule has 0 N–H and O–H groups in total. The lowest BCUT2D eigenvalue weighted by atomic mass is 10.5. The van der Waals surface area contributed by atoms with Crippen molar-refractivity contribution in [2.75, 3.05) is 0 Å². The van der Waals surface area contributed by atoms with Crippen molar-refractivity contribution in [3.63, 3.8) is 0 Å². The molecule has 0 aromatic rings. The van der Waals surface area contributed by atoms with E-state index in [0.29, 0.717) is 19.6 Å². The third kappa shape index (κ3) is 2.25. The van der Waals surface area contributed by atoms with Crippen LogP contribution in [0.1, 0.15) is 0 Å². The highest BCUT2D eigenvalue weighted by Gasteiger charge is 2.30. The topological polar surface area (TPSA) is 95.2 Å². The minimum atomic E-state index is 0.370. The van der Waals surface area contributed by atoms with Gasteiger partial charge in [-0.1, -0.05) is 47.0 Å². The summed E-state index contributed by atoms with van der Waals surface area (Å²) in [6.45, 7) is 0. The van der Waals surface area contributed by atoms with Gasteiger partial charge in [-0.2, -0.15) is 21.0 Å². The molecule has 0 fully saturated rings. The molecule has 0 spiro atoms. The maximum Gasteiger partial charge on any atom is 0.115 e. The van der Waals surface area contributed by atoms with Crippen molar-refractivity contribution < 1.29 is 0 Å². The van der Waals surface area contributed by atoms with Crippen LogP contribution < -0.4 is 0 Å². The number of hydrogen-bond acceptors (Lipinski definition) is 8. The van der Waals surface area contributed by atoms with Gasteiger partial charge in [0.05, 0.1) is 8.47 Å². The summed E-state index contributed by atoms with van der Waals surface area (Å²) in [6, 6.07) is 7.89. The molecular weight excluding hydrogens is 304 g/mol. The number of nitriles is 4. The van der Waals surface area contributed by atoms with E-state index in [-0.39, 0.29) is 0 Å². The minimum absolute atomic E-state index is 0.370. The average Bonchev–Trinajstić information content (AvgIpc) is 3.01. The van der Waals surface area contributed by atoms with Crippen LogP contribution in [0, 0.1) is 45.3 Å².